The van der Waals surface area contributed by atoms with E-state index in [1.165, 1.54) is 0 Å². The van der Waals surface area contributed by atoms with Crippen molar-refractivity contribution in [3.8, 4) is 0 Å². The highest BCUT2D eigenvalue weighted by Gasteiger charge is 2.30. The molecule has 20 heavy (non-hydrogen) atoms. The van der Waals surface area contributed by atoms with E-state index in [1.807, 2.05) is 0 Å². The van der Waals surface area contributed by atoms with Gasteiger partial charge in [0.05, 0.1) is 6.42 Å². The highest BCUT2D eigenvalue weighted by Crippen LogP contribution is 2.11. The highest BCUT2D eigenvalue weighted by molar-refractivity contribution is 5.86. The zero-order valence-corrected chi connectivity index (χ0v) is 12.8. The number of carboxylic acid groups (broad SMARTS) is 1. The second-order valence-corrected chi connectivity index (χ2v) is 6.33. The summed E-state index contributed by atoms with van der Waals surface area (Å²) in [6.45, 7) is 9.92. The SMILES string of the molecule is CC(C)(C)OC(=O)NC(CC(=O)O)C(=O)OC(C)(C)C. The van der Waals surface area contributed by atoms with E-state index in [0.717, 1.165) is 0 Å². The fraction of sp³-hybridized carbons (Fsp3) is 0.769. The predicted molar refractivity (Wildman–Crippen MR) is 71.3 cm³/mol. The van der Waals surface area contributed by atoms with Crippen molar-refractivity contribution in [3.63, 3.8) is 0 Å². The standard InChI is InChI=1S/C13H23NO6/c1-12(2,3)19-10(17)8(7-9(15)16)14-11(18)20-13(4,5)6/h8H,7H2,1-6H3,(H,14,18)(H,15,16). The summed E-state index contributed by atoms with van der Waals surface area (Å²) in [6, 6.07) is -1.29. The summed E-state index contributed by atoms with van der Waals surface area (Å²) >= 11 is 0. The van der Waals surface area contributed by atoms with Crippen LogP contribution >= 0.6 is 0 Å². The maximum Gasteiger partial charge on any atom is 0.408 e. The number of hydrogen-bond acceptors (Lipinski definition) is 5. The number of amides is 1. The molecule has 0 radical (unpaired) electrons. The van der Waals surface area contributed by atoms with Gasteiger partial charge in [-0.2, -0.15) is 0 Å². The summed E-state index contributed by atoms with van der Waals surface area (Å²) in [5, 5.41) is 11.0. The molecular formula is C13H23NO6. The maximum atomic E-state index is 11.8. The Labute approximate surface area is 118 Å². The zero-order valence-electron chi connectivity index (χ0n) is 12.8. The molecule has 0 saturated heterocycles. The van der Waals surface area contributed by atoms with Gasteiger partial charge in [-0.15, -0.1) is 0 Å². The van der Waals surface area contributed by atoms with Gasteiger partial charge < -0.3 is 19.9 Å². The molecule has 0 aliphatic heterocycles. The van der Waals surface area contributed by atoms with E-state index in [4.69, 9.17) is 14.6 Å². The van der Waals surface area contributed by atoms with E-state index in [1.54, 1.807) is 41.5 Å². The van der Waals surface area contributed by atoms with E-state index < -0.39 is 41.7 Å². The Bertz CT molecular complexity index is 377. The van der Waals surface area contributed by atoms with Crippen LogP contribution in [-0.4, -0.2) is 40.4 Å². The monoisotopic (exact) mass is 289 g/mol. The minimum Gasteiger partial charge on any atom is -0.481 e. The molecule has 0 aromatic rings. The third-order valence-corrected chi connectivity index (χ3v) is 1.76. The number of aliphatic carboxylic acids is 1. The molecule has 1 amide bonds. The number of alkyl carbamates (subject to hydrolysis) is 1. The zero-order chi connectivity index (χ0) is 16.1. The molecule has 0 aliphatic rings. The summed E-state index contributed by atoms with van der Waals surface area (Å²) in [6.07, 6.45) is -1.44. The van der Waals surface area contributed by atoms with Gasteiger partial charge in [0.2, 0.25) is 0 Å². The van der Waals surface area contributed by atoms with Gasteiger partial charge in [0.25, 0.3) is 0 Å². The third-order valence-electron chi connectivity index (χ3n) is 1.76. The number of carboxylic acids is 1. The predicted octanol–water partition coefficient (Wildman–Crippen LogP) is 1.70. The van der Waals surface area contributed by atoms with Crippen molar-refractivity contribution in [3.05, 3.63) is 0 Å². The molecule has 1 atom stereocenters. The Balaban J connectivity index is 4.77. The van der Waals surface area contributed by atoms with Crippen LogP contribution in [0.25, 0.3) is 0 Å². The van der Waals surface area contributed by atoms with Crippen molar-refractivity contribution >= 4 is 18.0 Å². The van der Waals surface area contributed by atoms with E-state index >= 15 is 0 Å². The summed E-state index contributed by atoms with van der Waals surface area (Å²) in [5.74, 6) is -2.04. The number of esters is 1. The minimum absolute atomic E-state index is 0.575. The van der Waals surface area contributed by atoms with E-state index in [2.05, 4.69) is 5.32 Å². The van der Waals surface area contributed by atoms with Crippen LogP contribution in [0.15, 0.2) is 0 Å². The first-order chi connectivity index (χ1) is 8.80. The molecule has 1 unspecified atom stereocenters. The number of hydrogen-bond donors (Lipinski definition) is 2. The lowest BCUT2D eigenvalue weighted by molar-refractivity contribution is -0.160. The summed E-state index contributed by atoms with van der Waals surface area (Å²) < 4.78 is 10.0. The number of carbonyl (C=O) groups is 3. The Morgan fingerprint density at radius 1 is 1.00 bits per heavy atom. The molecule has 0 bridgehead atoms. The molecule has 116 valence electrons. The highest BCUT2D eigenvalue weighted by atomic mass is 16.6. The van der Waals surface area contributed by atoms with Crippen molar-refractivity contribution in [2.75, 3.05) is 0 Å². The van der Waals surface area contributed by atoms with Gasteiger partial charge in [0, 0.05) is 0 Å². The lowest BCUT2D eigenvalue weighted by atomic mass is 10.1. The molecule has 0 spiro atoms. The first kappa shape index (κ1) is 18.2. The quantitative estimate of drug-likeness (QED) is 0.764. The topological polar surface area (TPSA) is 102 Å². The van der Waals surface area contributed by atoms with E-state index in [-0.39, 0.29) is 0 Å². The molecule has 2 N–H and O–H groups in total. The van der Waals surface area contributed by atoms with Gasteiger partial charge in [0.15, 0.2) is 0 Å². The molecule has 7 heteroatoms. The van der Waals surface area contributed by atoms with Crippen LogP contribution in [0.4, 0.5) is 4.79 Å². The van der Waals surface area contributed by atoms with Gasteiger partial charge in [-0.3, -0.25) is 4.79 Å². The smallest absolute Gasteiger partial charge is 0.408 e. The minimum atomic E-state index is -1.29. The van der Waals surface area contributed by atoms with Gasteiger partial charge in [-0.05, 0) is 41.5 Å². The van der Waals surface area contributed by atoms with Crippen LogP contribution in [0, 0.1) is 0 Å². The molecule has 0 rings (SSSR count). The largest absolute Gasteiger partial charge is 0.481 e. The molecular weight excluding hydrogens is 266 g/mol. The average Bonchev–Trinajstić information content (AvgIpc) is 2.09. The van der Waals surface area contributed by atoms with Gasteiger partial charge in [-0.25, -0.2) is 9.59 Å². The van der Waals surface area contributed by atoms with Gasteiger partial charge >= 0.3 is 18.0 Å². The summed E-state index contributed by atoms with van der Waals surface area (Å²) in [7, 11) is 0. The molecule has 0 saturated carbocycles. The van der Waals surface area contributed by atoms with E-state index in [0.29, 0.717) is 0 Å². The number of carbonyl (C=O) groups excluding carboxylic acids is 2. The summed E-state index contributed by atoms with van der Waals surface area (Å²) in [5.41, 5.74) is -1.52. The maximum absolute atomic E-state index is 11.8. The van der Waals surface area contributed by atoms with Crippen LogP contribution < -0.4 is 5.32 Å². The van der Waals surface area contributed by atoms with Gasteiger partial charge in [-0.1, -0.05) is 0 Å². The van der Waals surface area contributed by atoms with Crippen LogP contribution in [0.1, 0.15) is 48.0 Å². The lowest BCUT2D eigenvalue weighted by Crippen LogP contribution is -2.47. The number of nitrogens with one attached hydrogen (secondary N) is 1. The molecule has 0 aromatic carbocycles. The molecule has 0 aliphatic carbocycles. The van der Waals surface area contributed by atoms with Crippen molar-refractivity contribution in [1.29, 1.82) is 0 Å². The molecule has 0 fully saturated rings. The second kappa shape index (κ2) is 6.58. The Morgan fingerprint density at radius 3 is 1.80 bits per heavy atom. The van der Waals surface area contributed by atoms with Crippen LogP contribution in [0.5, 0.6) is 0 Å². The molecule has 0 heterocycles. The Hall–Kier alpha value is -1.79. The average molecular weight is 289 g/mol. The van der Waals surface area contributed by atoms with Crippen molar-refractivity contribution < 1.29 is 29.0 Å². The normalized spacial score (nSPS) is 13.3. The van der Waals surface area contributed by atoms with Crippen LogP contribution in [0.3, 0.4) is 0 Å². The van der Waals surface area contributed by atoms with Crippen molar-refractivity contribution in [2.45, 2.75) is 65.2 Å². The Morgan fingerprint density at radius 2 is 1.45 bits per heavy atom. The Kier molecular flexibility index (Phi) is 5.99. The fourth-order valence-electron chi connectivity index (χ4n) is 1.19. The fourth-order valence-corrected chi connectivity index (χ4v) is 1.19. The first-order valence-corrected chi connectivity index (χ1v) is 6.24. The lowest BCUT2D eigenvalue weighted by Gasteiger charge is -2.25. The van der Waals surface area contributed by atoms with Gasteiger partial charge in [0.1, 0.15) is 17.2 Å². The number of rotatable bonds is 4. The van der Waals surface area contributed by atoms with Crippen LogP contribution in [-0.2, 0) is 19.1 Å². The van der Waals surface area contributed by atoms with Crippen molar-refractivity contribution in [1.82, 2.24) is 5.32 Å². The van der Waals surface area contributed by atoms with Crippen molar-refractivity contribution in [2.24, 2.45) is 0 Å². The first-order valence-electron chi connectivity index (χ1n) is 6.24. The second-order valence-electron chi connectivity index (χ2n) is 6.33. The molecule has 0 aromatic heterocycles. The van der Waals surface area contributed by atoms with E-state index in [9.17, 15) is 14.4 Å². The molecule has 7 nitrogen and oxygen atoms in total. The third kappa shape index (κ3) is 9.18. The van der Waals surface area contributed by atoms with Crippen LogP contribution in [0.2, 0.25) is 0 Å². The number of ether oxygens (including phenoxy) is 2. The summed E-state index contributed by atoms with van der Waals surface area (Å²) in [4.78, 5) is 34.2.